The minimum absolute atomic E-state index is 0.0311. The van der Waals surface area contributed by atoms with Gasteiger partial charge < -0.3 is 9.47 Å². The van der Waals surface area contributed by atoms with Gasteiger partial charge in [-0.2, -0.15) is 18.3 Å². The lowest BCUT2D eigenvalue weighted by Crippen LogP contribution is -2.55. The Morgan fingerprint density at radius 3 is 2.05 bits per heavy atom. The fraction of sp³-hybridized carbons (Fsp3) is 0.205. The predicted molar refractivity (Wildman–Crippen MR) is 198 cm³/mol. The third-order valence-corrected chi connectivity index (χ3v) is 10.9. The van der Waals surface area contributed by atoms with Crippen molar-refractivity contribution in [1.82, 2.24) is 29.0 Å². The van der Waals surface area contributed by atoms with Crippen LogP contribution in [0, 0.1) is 10.2 Å². The number of carbonyl (C=O) groups is 1. The van der Waals surface area contributed by atoms with Crippen LogP contribution in [0.3, 0.4) is 0 Å². The molecule has 55 heavy (non-hydrogen) atoms. The first-order valence-corrected chi connectivity index (χ1v) is 18.5. The number of benzene rings is 3. The van der Waals surface area contributed by atoms with Gasteiger partial charge in [-0.25, -0.2) is 32.7 Å². The Morgan fingerprint density at radius 1 is 0.927 bits per heavy atom. The van der Waals surface area contributed by atoms with Crippen molar-refractivity contribution in [3.63, 3.8) is 0 Å². The van der Waals surface area contributed by atoms with Crippen molar-refractivity contribution in [3.8, 4) is 23.0 Å². The molecule has 3 aromatic heterocycles. The van der Waals surface area contributed by atoms with Gasteiger partial charge in [0.15, 0.2) is 21.4 Å². The molecule has 0 fully saturated rings. The van der Waals surface area contributed by atoms with Crippen molar-refractivity contribution in [3.05, 3.63) is 144 Å². The summed E-state index contributed by atoms with van der Waals surface area (Å²) in [5.41, 5.74) is -2.33. The minimum Gasteiger partial charge on any atom is -0.481 e. The molecule has 0 radical (unpaired) electrons. The molecular formula is C39H35F3N8O4S. The van der Waals surface area contributed by atoms with E-state index in [9.17, 15) is 18.0 Å². The van der Waals surface area contributed by atoms with Crippen molar-refractivity contribution in [2.24, 2.45) is 5.41 Å². The molecule has 16 heteroatoms. The third-order valence-electron chi connectivity index (χ3n) is 9.06. The summed E-state index contributed by atoms with van der Waals surface area (Å²) >= 11 is 0. The molecule has 2 N–H and O–H groups in total. The average molecular weight is 769 g/mol. The highest BCUT2D eigenvalue weighted by Gasteiger charge is 2.52. The maximum absolute atomic E-state index is 15.8. The van der Waals surface area contributed by atoms with E-state index in [0.29, 0.717) is 29.4 Å². The van der Waals surface area contributed by atoms with Crippen LogP contribution >= 0.6 is 0 Å². The molecule has 2 amide bonds. The van der Waals surface area contributed by atoms with Crippen LogP contribution in [0.5, 0.6) is 11.8 Å². The number of hydrogen-bond donors (Lipinski definition) is 2. The van der Waals surface area contributed by atoms with Gasteiger partial charge in [0.25, 0.3) is 0 Å². The molecule has 1 aliphatic heterocycles. The summed E-state index contributed by atoms with van der Waals surface area (Å²) in [6.07, 6.45) is -1.81. The Hall–Kier alpha value is -6.29. The van der Waals surface area contributed by atoms with Crippen LogP contribution in [0.25, 0.3) is 11.3 Å². The van der Waals surface area contributed by atoms with Gasteiger partial charge in [0, 0.05) is 23.2 Å². The van der Waals surface area contributed by atoms with E-state index in [-0.39, 0.29) is 39.9 Å². The number of fused-ring (bicyclic) bond motifs is 1. The van der Waals surface area contributed by atoms with E-state index in [1.54, 1.807) is 91.0 Å². The number of pyridine rings is 1. The number of nitrogens with zero attached hydrogens (tertiary/aromatic N) is 6. The SMILES string of the molecule is COc1cc(-c2ncc(C(F)(F)F)nc2NC(=O)N(C(c2ccccc2)(c2ccccc2)c2ccccc2)S(=N)(=O)c2cnn3c2OCC(C)(C)C3)ccn1. The van der Waals surface area contributed by atoms with Gasteiger partial charge in [-0.3, -0.25) is 10.3 Å². The van der Waals surface area contributed by atoms with E-state index < -0.39 is 39.2 Å². The number of carbonyl (C=O) groups excluding carboxylic acids is 1. The standard InChI is InChI=1S/C39H35F3N8O4S/c1-37(2)24-49-35(54-25-37)30(22-46-49)55(43,52)50(38(27-13-7-4-8-14-27,28-15-9-5-10-16-28)29-17-11-6-12-18-29)36(51)48-34-33(26-19-20-44-32(21-26)53-3)45-23-31(47-34)39(40,41)42/h4-23,43H,24-25H2,1-3H3,(H,47,48,51). The Kier molecular flexibility index (Phi) is 9.54. The van der Waals surface area contributed by atoms with Gasteiger partial charge in [-0.1, -0.05) is 105 Å². The van der Waals surface area contributed by atoms with Gasteiger partial charge in [-0.05, 0) is 22.8 Å². The van der Waals surface area contributed by atoms with E-state index in [1.165, 1.54) is 36.3 Å². The first-order valence-electron chi connectivity index (χ1n) is 17.0. The van der Waals surface area contributed by atoms with Gasteiger partial charge in [-0.15, -0.1) is 0 Å². The summed E-state index contributed by atoms with van der Waals surface area (Å²) in [5.74, 6) is -0.465. The molecule has 0 bridgehead atoms. The number of alkyl halides is 3. The lowest BCUT2D eigenvalue weighted by Gasteiger charge is -2.45. The number of nitrogens with one attached hydrogen (secondary N) is 2. The molecule has 1 aliphatic rings. The second-order valence-electron chi connectivity index (χ2n) is 13.5. The number of halogens is 3. The van der Waals surface area contributed by atoms with E-state index in [2.05, 4.69) is 25.4 Å². The molecule has 1 atom stereocenters. The van der Waals surface area contributed by atoms with E-state index in [1.807, 2.05) is 13.8 Å². The summed E-state index contributed by atoms with van der Waals surface area (Å²) in [5, 5.41) is 6.94. The fourth-order valence-corrected chi connectivity index (χ4v) is 8.38. The van der Waals surface area contributed by atoms with Crippen LogP contribution in [0.4, 0.5) is 23.8 Å². The molecule has 4 heterocycles. The molecule has 0 spiro atoms. The first kappa shape index (κ1) is 37.0. The normalized spacial score (nSPS) is 14.9. The van der Waals surface area contributed by atoms with E-state index >= 15 is 9.00 Å². The molecule has 6 aromatic rings. The highest BCUT2D eigenvalue weighted by molar-refractivity contribution is 7.90. The van der Waals surface area contributed by atoms with Gasteiger partial charge in [0.2, 0.25) is 11.8 Å². The van der Waals surface area contributed by atoms with Crippen LogP contribution in [0.1, 0.15) is 36.2 Å². The maximum atomic E-state index is 15.8. The molecule has 282 valence electrons. The average Bonchev–Trinajstić information content (AvgIpc) is 3.60. The van der Waals surface area contributed by atoms with Crippen molar-refractivity contribution >= 4 is 21.8 Å². The van der Waals surface area contributed by atoms with E-state index in [4.69, 9.17) is 9.47 Å². The Bertz CT molecular complexity index is 2350. The topological polar surface area (TPSA) is 148 Å². The number of amides is 2. The van der Waals surface area contributed by atoms with Crippen LogP contribution in [-0.2, 0) is 28.2 Å². The number of methoxy groups -OCH3 is 1. The zero-order valence-corrected chi connectivity index (χ0v) is 30.6. The second kappa shape index (κ2) is 14.2. The van der Waals surface area contributed by atoms with Gasteiger partial charge in [0.1, 0.15) is 16.1 Å². The lowest BCUT2D eigenvalue weighted by molar-refractivity contribution is -0.141. The minimum atomic E-state index is -4.95. The largest absolute Gasteiger partial charge is 0.481 e. The molecule has 7 rings (SSSR count). The summed E-state index contributed by atoms with van der Waals surface area (Å²) in [6.45, 7) is 4.50. The summed E-state index contributed by atoms with van der Waals surface area (Å²) in [4.78, 5) is 27.2. The summed E-state index contributed by atoms with van der Waals surface area (Å²) in [7, 11) is -3.20. The predicted octanol–water partition coefficient (Wildman–Crippen LogP) is 8.03. The number of aromatic nitrogens is 5. The maximum Gasteiger partial charge on any atom is 0.434 e. The molecule has 0 saturated carbocycles. The van der Waals surface area contributed by atoms with Gasteiger partial charge in [0.05, 0.1) is 32.7 Å². The Morgan fingerprint density at radius 2 is 1.51 bits per heavy atom. The van der Waals surface area contributed by atoms with Gasteiger partial charge >= 0.3 is 12.2 Å². The van der Waals surface area contributed by atoms with Crippen LogP contribution in [0.15, 0.2) is 127 Å². The monoisotopic (exact) mass is 768 g/mol. The lowest BCUT2D eigenvalue weighted by atomic mass is 9.77. The van der Waals surface area contributed by atoms with Crippen LogP contribution in [-0.4, -0.2) is 53.0 Å². The van der Waals surface area contributed by atoms with Crippen molar-refractivity contribution in [2.75, 3.05) is 19.0 Å². The molecule has 12 nitrogen and oxygen atoms in total. The Labute approximate surface area is 315 Å². The number of hydrogen-bond acceptors (Lipinski definition) is 9. The Balaban J connectivity index is 1.53. The van der Waals surface area contributed by atoms with Crippen molar-refractivity contribution in [1.29, 1.82) is 4.78 Å². The highest BCUT2D eigenvalue weighted by Crippen LogP contribution is 2.47. The van der Waals surface area contributed by atoms with Crippen molar-refractivity contribution in [2.45, 2.75) is 37.0 Å². The zero-order valence-electron chi connectivity index (χ0n) is 29.8. The quantitative estimate of drug-likeness (QED) is 0.141. The first-order chi connectivity index (χ1) is 26.3. The molecule has 0 aliphatic carbocycles. The van der Waals surface area contributed by atoms with E-state index in [0.717, 1.165) is 4.31 Å². The fourth-order valence-electron chi connectivity index (χ4n) is 6.61. The summed E-state index contributed by atoms with van der Waals surface area (Å²) < 4.78 is 82.0. The number of anilines is 1. The van der Waals surface area contributed by atoms with Crippen molar-refractivity contribution < 1.29 is 31.6 Å². The zero-order chi connectivity index (χ0) is 39.0. The molecule has 1 unspecified atom stereocenters. The molecule has 0 saturated heterocycles. The van der Waals surface area contributed by atoms with Crippen LogP contribution in [0.2, 0.25) is 0 Å². The third kappa shape index (κ3) is 6.84. The van der Waals surface area contributed by atoms with Crippen LogP contribution < -0.4 is 14.8 Å². The number of urea groups is 1. The second-order valence-corrected chi connectivity index (χ2v) is 15.4. The molecular weight excluding hydrogens is 734 g/mol. The smallest absolute Gasteiger partial charge is 0.434 e. The number of rotatable bonds is 9. The summed E-state index contributed by atoms with van der Waals surface area (Å²) in [6, 6.07) is 27.7. The highest BCUT2D eigenvalue weighted by atomic mass is 32.2. The number of ether oxygens (including phenoxy) is 2. The molecule has 3 aromatic carbocycles.